The molecule has 0 unspecified atom stereocenters. The fraction of sp³-hybridized carbons (Fsp3) is 0.529. The summed E-state index contributed by atoms with van der Waals surface area (Å²) in [5.74, 6) is 3.09. The predicted octanol–water partition coefficient (Wildman–Crippen LogP) is 3.85. The molecular formula is C17H20N2O2S. The van der Waals surface area contributed by atoms with Crippen molar-refractivity contribution in [2.24, 2.45) is 17.8 Å². The molecule has 0 aromatic carbocycles. The van der Waals surface area contributed by atoms with Crippen molar-refractivity contribution < 1.29 is 9.21 Å². The zero-order valence-corrected chi connectivity index (χ0v) is 13.3. The summed E-state index contributed by atoms with van der Waals surface area (Å²) in [4.78, 5) is 17.6. The average Bonchev–Trinajstić information content (AvgIpc) is 3.27. The quantitative estimate of drug-likeness (QED) is 0.911. The van der Waals surface area contributed by atoms with Gasteiger partial charge in [0.05, 0.1) is 17.1 Å². The highest BCUT2D eigenvalue weighted by Gasteiger charge is 2.40. The Morgan fingerprint density at radius 1 is 1.41 bits per heavy atom. The summed E-state index contributed by atoms with van der Waals surface area (Å²) >= 11 is 1.60. The normalized spacial score (nSPS) is 26.5. The molecule has 4 rings (SSSR count). The number of aromatic nitrogens is 1. The van der Waals surface area contributed by atoms with Gasteiger partial charge in [0.15, 0.2) is 0 Å². The highest BCUT2D eigenvalue weighted by molar-refractivity contribution is 7.13. The smallest absolute Gasteiger partial charge is 0.236 e. The van der Waals surface area contributed by atoms with Crippen LogP contribution in [0, 0.1) is 17.8 Å². The SMILES string of the molecule is O=C(C[C@@H]1C[C@H]2CC[C@H]1C2)NCc1coc(-c2cccs2)n1. The highest BCUT2D eigenvalue weighted by atomic mass is 32.1. The van der Waals surface area contributed by atoms with E-state index in [0.717, 1.165) is 22.4 Å². The van der Waals surface area contributed by atoms with Crippen LogP contribution < -0.4 is 5.32 Å². The molecule has 22 heavy (non-hydrogen) atoms. The number of thiophene rings is 1. The summed E-state index contributed by atoms with van der Waals surface area (Å²) in [5, 5.41) is 4.98. The van der Waals surface area contributed by atoms with Crippen LogP contribution in [-0.4, -0.2) is 10.9 Å². The maximum Gasteiger partial charge on any atom is 0.236 e. The molecule has 2 heterocycles. The highest BCUT2D eigenvalue weighted by Crippen LogP contribution is 2.49. The number of hydrogen-bond donors (Lipinski definition) is 1. The van der Waals surface area contributed by atoms with E-state index in [9.17, 15) is 4.79 Å². The Labute approximate surface area is 133 Å². The maximum absolute atomic E-state index is 12.1. The third-order valence-electron chi connectivity index (χ3n) is 5.08. The molecule has 2 saturated carbocycles. The number of carbonyl (C=O) groups excluding carboxylic acids is 1. The van der Waals surface area contributed by atoms with Gasteiger partial charge in [0.25, 0.3) is 0 Å². The van der Waals surface area contributed by atoms with Crippen molar-refractivity contribution in [3.05, 3.63) is 29.5 Å². The molecule has 2 bridgehead atoms. The van der Waals surface area contributed by atoms with Crippen LogP contribution in [0.3, 0.4) is 0 Å². The molecule has 5 heteroatoms. The second kappa shape index (κ2) is 5.88. The lowest BCUT2D eigenvalue weighted by Gasteiger charge is -2.20. The molecule has 0 radical (unpaired) electrons. The average molecular weight is 316 g/mol. The first-order valence-corrected chi connectivity index (χ1v) is 8.91. The Balaban J connectivity index is 1.28. The van der Waals surface area contributed by atoms with E-state index in [-0.39, 0.29) is 5.91 Å². The van der Waals surface area contributed by atoms with Crippen LogP contribution >= 0.6 is 11.3 Å². The Bertz CT molecular complexity index is 649. The van der Waals surface area contributed by atoms with Crippen LogP contribution in [0.1, 0.15) is 37.8 Å². The lowest BCUT2D eigenvalue weighted by atomic mass is 9.86. The van der Waals surface area contributed by atoms with Gasteiger partial charge in [-0.2, -0.15) is 0 Å². The second-order valence-corrected chi connectivity index (χ2v) is 7.48. The van der Waals surface area contributed by atoms with Gasteiger partial charge in [-0.1, -0.05) is 12.5 Å². The number of hydrogen-bond acceptors (Lipinski definition) is 4. The van der Waals surface area contributed by atoms with Gasteiger partial charge in [0, 0.05) is 6.42 Å². The van der Waals surface area contributed by atoms with E-state index >= 15 is 0 Å². The maximum atomic E-state index is 12.1. The Morgan fingerprint density at radius 2 is 2.36 bits per heavy atom. The van der Waals surface area contributed by atoms with E-state index in [1.807, 2.05) is 17.5 Å². The van der Waals surface area contributed by atoms with E-state index in [2.05, 4.69) is 10.3 Å². The number of oxazole rings is 1. The van der Waals surface area contributed by atoms with Gasteiger partial charge in [-0.05, 0) is 48.5 Å². The first-order chi connectivity index (χ1) is 10.8. The Kier molecular flexibility index (Phi) is 3.74. The first-order valence-electron chi connectivity index (χ1n) is 8.03. The number of amides is 1. The van der Waals surface area contributed by atoms with Crippen LogP contribution in [0.4, 0.5) is 0 Å². The lowest BCUT2D eigenvalue weighted by molar-refractivity contribution is -0.122. The molecular weight excluding hydrogens is 296 g/mol. The fourth-order valence-electron chi connectivity index (χ4n) is 4.03. The van der Waals surface area contributed by atoms with Gasteiger partial charge in [-0.3, -0.25) is 4.79 Å². The molecule has 2 aromatic rings. The molecule has 3 atom stereocenters. The molecule has 116 valence electrons. The van der Waals surface area contributed by atoms with Crippen molar-refractivity contribution in [3.8, 4) is 10.8 Å². The van der Waals surface area contributed by atoms with Crippen molar-refractivity contribution in [2.45, 2.75) is 38.6 Å². The van der Waals surface area contributed by atoms with Crippen LogP contribution in [0.5, 0.6) is 0 Å². The van der Waals surface area contributed by atoms with E-state index in [1.54, 1.807) is 17.6 Å². The summed E-state index contributed by atoms with van der Waals surface area (Å²) in [6.07, 6.45) is 7.63. The largest absolute Gasteiger partial charge is 0.443 e. The van der Waals surface area contributed by atoms with Crippen molar-refractivity contribution in [3.63, 3.8) is 0 Å². The molecule has 0 spiro atoms. The second-order valence-electron chi connectivity index (χ2n) is 6.54. The van der Waals surface area contributed by atoms with Gasteiger partial charge in [-0.15, -0.1) is 11.3 Å². The third-order valence-corrected chi connectivity index (χ3v) is 5.94. The number of carbonyl (C=O) groups is 1. The monoisotopic (exact) mass is 316 g/mol. The summed E-state index contributed by atoms with van der Waals surface area (Å²) < 4.78 is 5.46. The molecule has 2 aliphatic carbocycles. The zero-order chi connectivity index (χ0) is 14.9. The van der Waals surface area contributed by atoms with Gasteiger partial charge in [0.1, 0.15) is 6.26 Å². The summed E-state index contributed by atoms with van der Waals surface area (Å²) in [7, 11) is 0. The minimum atomic E-state index is 0.151. The van der Waals surface area contributed by atoms with Gasteiger partial charge in [0.2, 0.25) is 11.8 Å². The standard InChI is InChI=1S/C17H20N2O2S/c20-16(8-13-7-11-3-4-12(13)6-11)18-9-14-10-21-17(19-14)15-2-1-5-22-15/h1-2,5,10-13H,3-4,6-9H2,(H,18,20)/t11-,12-,13-/m0/s1. The van der Waals surface area contributed by atoms with Gasteiger partial charge >= 0.3 is 0 Å². The number of nitrogens with one attached hydrogen (secondary N) is 1. The van der Waals surface area contributed by atoms with Crippen molar-refractivity contribution >= 4 is 17.2 Å². The van der Waals surface area contributed by atoms with Crippen LogP contribution in [-0.2, 0) is 11.3 Å². The summed E-state index contributed by atoms with van der Waals surface area (Å²) in [5.41, 5.74) is 0.782. The van der Waals surface area contributed by atoms with Crippen LogP contribution in [0.2, 0.25) is 0 Å². The zero-order valence-electron chi connectivity index (χ0n) is 12.5. The predicted molar refractivity (Wildman–Crippen MR) is 85.2 cm³/mol. The molecule has 2 aliphatic rings. The van der Waals surface area contributed by atoms with E-state index < -0.39 is 0 Å². The van der Waals surface area contributed by atoms with Gasteiger partial charge in [-0.25, -0.2) is 4.98 Å². The number of nitrogens with zero attached hydrogens (tertiary/aromatic N) is 1. The minimum Gasteiger partial charge on any atom is -0.443 e. The molecule has 0 saturated heterocycles. The number of fused-ring (bicyclic) bond motifs is 2. The van der Waals surface area contributed by atoms with Crippen molar-refractivity contribution in [2.75, 3.05) is 0 Å². The molecule has 2 aromatic heterocycles. The van der Waals surface area contributed by atoms with E-state index in [0.29, 0.717) is 24.8 Å². The molecule has 0 aliphatic heterocycles. The molecule has 2 fully saturated rings. The molecule has 1 amide bonds. The first kappa shape index (κ1) is 14.0. The minimum absolute atomic E-state index is 0.151. The summed E-state index contributed by atoms with van der Waals surface area (Å²) in [6, 6.07) is 3.95. The summed E-state index contributed by atoms with van der Waals surface area (Å²) in [6.45, 7) is 0.453. The third kappa shape index (κ3) is 2.82. The van der Waals surface area contributed by atoms with E-state index in [1.165, 1.54) is 25.7 Å². The van der Waals surface area contributed by atoms with Crippen LogP contribution in [0.25, 0.3) is 10.8 Å². The van der Waals surface area contributed by atoms with Crippen LogP contribution in [0.15, 0.2) is 28.2 Å². The fourth-order valence-corrected chi connectivity index (χ4v) is 4.68. The van der Waals surface area contributed by atoms with Crippen molar-refractivity contribution in [1.82, 2.24) is 10.3 Å². The Morgan fingerprint density at radius 3 is 3.09 bits per heavy atom. The lowest BCUT2D eigenvalue weighted by Crippen LogP contribution is -2.27. The van der Waals surface area contributed by atoms with E-state index in [4.69, 9.17) is 4.42 Å². The topological polar surface area (TPSA) is 55.1 Å². The molecule has 1 N–H and O–H groups in total. The van der Waals surface area contributed by atoms with Crippen molar-refractivity contribution in [1.29, 1.82) is 0 Å². The van der Waals surface area contributed by atoms with Gasteiger partial charge < -0.3 is 9.73 Å². The molecule has 4 nitrogen and oxygen atoms in total. The number of rotatable bonds is 5. The Hall–Kier alpha value is -1.62.